The first-order chi connectivity index (χ1) is 20.0. The smallest absolute Gasteiger partial charge is 0.206 e. The Morgan fingerprint density at radius 3 is 1.98 bits per heavy atom. The fourth-order valence-electron chi connectivity index (χ4n) is 4.22. The van der Waals surface area contributed by atoms with Crippen LogP contribution in [0, 0.1) is 58.8 Å². The van der Waals surface area contributed by atoms with E-state index in [1.54, 1.807) is 6.07 Å². The van der Waals surface area contributed by atoms with Crippen LogP contribution in [0.2, 0.25) is 0 Å². The zero-order valence-corrected chi connectivity index (χ0v) is 22.5. The molecular formula is C35H23F7. The zero-order chi connectivity index (χ0) is 30.3. The first-order valence-corrected chi connectivity index (χ1v) is 13.2. The van der Waals surface area contributed by atoms with Crippen molar-refractivity contribution in [1.82, 2.24) is 0 Å². The number of benzene rings is 4. The van der Waals surface area contributed by atoms with Crippen molar-refractivity contribution in [2.75, 3.05) is 0 Å². The van der Waals surface area contributed by atoms with Gasteiger partial charge in [-0.2, -0.15) is 13.2 Å². The lowest BCUT2D eigenvalue weighted by molar-refractivity contribution is -0.0696. The van der Waals surface area contributed by atoms with Gasteiger partial charge in [-0.3, -0.25) is 0 Å². The Bertz CT molecular complexity index is 1800. The van der Waals surface area contributed by atoms with Crippen LogP contribution in [0.4, 0.5) is 30.7 Å². The standard InChI is InChI=1S/C35H23F7/c1-2-3-4-5-6-23-7-9-24(10-8-23)11-12-25-13-15-27(30(36)20-25)16-14-26-19-28-22-31(37)29(17-18-35(40,41)42)34(39)33(28)32(38)21-26/h7-10,13,15,19-22H,2-6H2,1H3. The minimum Gasteiger partial charge on any atom is -0.206 e. The van der Waals surface area contributed by atoms with E-state index in [0.29, 0.717) is 11.6 Å². The molecule has 0 nitrogen and oxygen atoms in total. The average Bonchev–Trinajstić information content (AvgIpc) is 2.93. The van der Waals surface area contributed by atoms with E-state index >= 15 is 0 Å². The Morgan fingerprint density at radius 1 is 0.619 bits per heavy atom. The molecular weight excluding hydrogens is 553 g/mol. The van der Waals surface area contributed by atoms with E-state index in [-0.39, 0.29) is 16.5 Å². The molecule has 4 rings (SSSR count). The monoisotopic (exact) mass is 576 g/mol. The molecule has 0 saturated heterocycles. The summed E-state index contributed by atoms with van der Waals surface area (Å²) in [6.45, 7) is 2.17. The quantitative estimate of drug-likeness (QED) is 0.126. The second-order valence-corrected chi connectivity index (χ2v) is 9.55. The molecule has 0 aliphatic rings. The van der Waals surface area contributed by atoms with Gasteiger partial charge in [0.25, 0.3) is 0 Å². The highest BCUT2D eigenvalue weighted by Gasteiger charge is 2.24. The van der Waals surface area contributed by atoms with E-state index in [4.69, 9.17) is 0 Å². The van der Waals surface area contributed by atoms with Crippen LogP contribution in [0.1, 0.15) is 66.0 Å². The third kappa shape index (κ3) is 7.96. The lowest BCUT2D eigenvalue weighted by Crippen LogP contribution is -2.03. The summed E-state index contributed by atoms with van der Waals surface area (Å²) < 4.78 is 95.4. The summed E-state index contributed by atoms with van der Waals surface area (Å²) >= 11 is 0. The Labute approximate surface area is 239 Å². The van der Waals surface area contributed by atoms with Gasteiger partial charge in [-0.1, -0.05) is 67.9 Å². The highest BCUT2D eigenvalue weighted by Crippen LogP contribution is 2.28. The summed E-state index contributed by atoms with van der Waals surface area (Å²) in [4.78, 5) is 0. The van der Waals surface area contributed by atoms with Gasteiger partial charge in [-0.25, -0.2) is 17.6 Å². The lowest BCUT2D eigenvalue weighted by Gasteiger charge is -2.06. The number of halogens is 7. The van der Waals surface area contributed by atoms with Crippen LogP contribution in [0.3, 0.4) is 0 Å². The predicted molar refractivity (Wildman–Crippen MR) is 149 cm³/mol. The number of hydrogen-bond acceptors (Lipinski definition) is 0. The molecule has 4 aromatic carbocycles. The Kier molecular flexibility index (Phi) is 9.61. The molecule has 4 aromatic rings. The molecule has 0 saturated carbocycles. The molecule has 0 radical (unpaired) electrons. The maximum Gasteiger partial charge on any atom is 0.458 e. The van der Waals surface area contributed by atoms with Crippen LogP contribution >= 0.6 is 0 Å². The van der Waals surface area contributed by atoms with E-state index in [1.807, 2.05) is 24.3 Å². The molecule has 0 N–H and O–H groups in total. The Hall–Kier alpha value is -4.67. The van der Waals surface area contributed by atoms with Crippen molar-refractivity contribution in [3.63, 3.8) is 0 Å². The van der Waals surface area contributed by atoms with Crippen molar-refractivity contribution in [3.8, 4) is 35.5 Å². The molecule has 0 spiro atoms. The van der Waals surface area contributed by atoms with Crippen molar-refractivity contribution in [2.45, 2.75) is 45.2 Å². The minimum absolute atomic E-state index is 0.0105. The van der Waals surface area contributed by atoms with E-state index in [0.717, 1.165) is 36.5 Å². The molecule has 0 bridgehead atoms. The van der Waals surface area contributed by atoms with Crippen LogP contribution in [-0.4, -0.2) is 6.18 Å². The van der Waals surface area contributed by atoms with Crippen molar-refractivity contribution in [2.24, 2.45) is 0 Å². The number of rotatable bonds is 5. The summed E-state index contributed by atoms with van der Waals surface area (Å²) in [6, 6.07) is 14.8. The van der Waals surface area contributed by atoms with Gasteiger partial charge < -0.3 is 0 Å². The number of alkyl halides is 3. The summed E-state index contributed by atoms with van der Waals surface area (Å²) in [5.74, 6) is 8.37. The molecule has 212 valence electrons. The first-order valence-electron chi connectivity index (χ1n) is 13.2. The van der Waals surface area contributed by atoms with Gasteiger partial charge in [0.15, 0.2) is 5.82 Å². The number of hydrogen-bond donors (Lipinski definition) is 0. The van der Waals surface area contributed by atoms with Gasteiger partial charge in [0.1, 0.15) is 17.5 Å². The molecule has 0 fully saturated rings. The van der Waals surface area contributed by atoms with Gasteiger partial charge in [0.2, 0.25) is 0 Å². The molecule has 0 amide bonds. The van der Waals surface area contributed by atoms with E-state index < -0.39 is 40.4 Å². The van der Waals surface area contributed by atoms with Crippen LogP contribution in [0.25, 0.3) is 10.8 Å². The van der Waals surface area contributed by atoms with Crippen molar-refractivity contribution in [3.05, 3.63) is 117 Å². The Morgan fingerprint density at radius 2 is 1.29 bits per heavy atom. The molecule has 0 unspecified atom stereocenters. The summed E-state index contributed by atoms with van der Waals surface area (Å²) in [5, 5.41) is -1.01. The fourth-order valence-corrected chi connectivity index (χ4v) is 4.22. The molecule has 0 heterocycles. The molecule has 42 heavy (non-hydrogen) atoms. The first kappa shape index (κ1) is 30.3. The lowest BCUT2D eigenvalue weighted by atomic mass is 10.0. The van der Waals surface area contributed by atoms with Gasteiger partial charge in [0.05, 0.1) is 16.5 Å². The largest absolute Gasteiger partial charge is 0.458 e. The van der Waals surface area contributed by atoms with Gasteiger partial charge in [0, 0.05) is 22.6 Å². The summed E-state index contributed by atoms with van der Waals surface area (Å²) in [6.07, 6.45) is 0.803. The maximum atomic E-state index is 14.7. The SMILES string of the molecule is CCCCCCc1ccc(C#Cc2ccc(C#Cc3cc(F)c4c(F)c(C#CC(F)(F)F)c(F)cc4c3)c(F)c2)cc1. The summed E-state index contributed by atoms with van der Waals surface area (Å²) in [5.41, 5.74) is 1.23. The second-order valence-electron chi connectivity index (χ2n) is 9.55. The zero-order valence-electron chi connectivity index (χ0n) is 22.5. The average molecular weight is 577 g/mol. The second kappa shape index (κ2) is 13.3. The summed E-state index contributed by atoms with van der Waals surface area (Å²) in [7, 11) is 0. The number of unbranched alkanes of at least 4 members (excludes halogenated alkanes) is 3. The molecule has 7 heteroatoms. The maximum absolute atomic E-state index is 14.7. The van der Waals surface area contributed by atoms with E-state index in [9.17, 15) is 30.7 Å². The van der Waals surface area contributed by atoms with Crippen LogP contribution in [0.5, 0.6) is 0 Å². The normalized spacial score (nSPS) is 10.8. The molecule has 0 aromatic heterocycles. The van der Waals surface area contributed by atoms with Crippen LogP contribution < -0.4 is 0 Å². The van der Waals surface area contributed by atoms with Crippen LogP contribution in [-0.2, 0) is 6.42 Å². The third-order valence-electron chi connectivity index (χ3n) is 6.34. The predicted octanol–water partition coefficient (Wildman–Crippen LogP) is 9.23. The van der Waals surface area contributed by atoms with Gasteiger partial charge in [-0.15, -0.1) is 0 Å². The van der Waals surface area contributed by atoms with Crippen molar-refractivity contribution in [1.29, 1.82) is 0 Å². The molecule has 0 atom stereocenters. The molecule has 0 aliphatic heterocycles. The highest BCUT2D eigenvalue weighted by atomic mass is 19.4. The van der Waals surface area contributed by atoms with Crippen LogP contribution in [0.15, 0.2) is 60.7 Å². The van der Waals surface area contributed by atoms with Crippen molar-refractivity contribution >= 4 is 10.8 Å². The molecule has 0 aliphatic carbocycles. The fraction of sp³-hybridized carbons (Fsp3) is 0.200. The minimum atomic E-state index is -4.98. The number of aryl methyl sites for hydroxylation is 1. The van der Waals surface area contributed by atoms with Crippen molar-refractivity contribution < 1.29 is 30.7 Å². The number of fused-ring (bicyclic) bond motifs is 1. The Balaban J connectivity index is 1.52. The highest BCUT2D eigenvalue weighted by molar-refractivity contribution is 5.87. The topological polar surface area (TPSA) is 0 Å². The van der Waals surface area contributed by atoms with Gasteiger partial charge >= 0.3 is 6.18 Å². The van der Waals surface area contributed by atoms with Gasteiger partial charge in [-0.05, 0) is 72.3 Å². The van der Waals surface area contributed by atoms with E-state index in [2.05, 4.69) is 30.6 Å². The van der Waals surface area contributed by atoms with E-state index in [1.165, 1.54) is 42.9 Å². The third-order valence-corrected chi connectivity index (χ3v) is 6.34.